The predicted octanol–water partition coefficient (Wildman–Crippen LogP) is 1.16. The van der Waals surface area contributed by atoms with E-state index in [1.54, 1.807) is 0 Å². The molecular formula is C20H38N4O8. The summed E-state index contributed by atoms with van der Waals surface area (Å²) in [6.07, 6.45) is 3.15. The minimum Gasteiger partial charge on any atom is -0.473 e. The van der Waals surface area contributed by atoms with Gasteiger partial charge in [0.05, 0.1) is 0 Å². The molecule has 0 aromatic heterocycles. The highest BCUT2D eigenvalue weighted by Gasteiger charge is 2.31. The van der Waals surface area contributed by atoms with Crippen LogP contribution in [0, 0.1) is 0 Å². The number of hydrogen-bond donors (Lipinski definition) is 6. The second-order valence-electron chi connectivity index (χ2n) is 9.60. The van der Waals surface area contributed by atoms with Gasteiger partial charge < -0.3 is 41.8 Å². The Hall–Kier alpha value is -2.60. The second kappa shape index (κ2) is 12.4. The van der Waals surface area contributed by atoms with Gasteiger partial charge in [-0.25, -0.2) is 19.2 Å². The number of carboxylic acids is 2. The van der Waals surface area contributed by atoms with Gasteiger partial charge in [-0.3, -0.25) is 0 Å². The van der Waals surface area contributed by atoms with Gasteiger partial charge in [0.2, 0.25) is 0 Å². The molecule has 8 N–H and O–H groups in total. The number of aliphatic carboxylic acids is 2. The van der Waals surface area contributed by atoms with Crippen LogP contribution in [0.25, 0.3) is 0 Å². The molecular weight excluding hydrogens is 424 g/mol. The first kappa shape index (κ1) is 29.4. The highest BCUT2D eigenvalue weighted by molar-refractivity contribution is 6.27. The minimum atomic E-state index is -1.82. The largest absolute Gasteiger partial charge is 0.473 e. The molecule has 2 aliphatic carbocycles. The molecule has 12 nitrogen and oxygen atoms in total. The van der Waals surface area contributed by atoms with Crippen molar-refractivity contribution in [3.63, 3.8) is 0 Å². The summed E-state index contributed by atoms with van der Waals surface area (Å²) in [6.45, 7) is 11.0. The van der Waals surface area contributed by atoms with Crippen molar-refractivity contribution in [2.75, 3.05) is 0 Å². The van der Waals surface area contributed by atoms with E-state index < -0.39 is 23.1 Å². The summed E-state index contributed by atoms with van der Waals surface area (Å²) in [5.74, 6) is -3.65. The third kappa shape index (κ3) is 13.7. The summed E-state index contributed by atoms with van der Waals surface area (Å²) in [4.78, 5) is 40.6. The van der Waals surface area contributed by atoms with Crippen molar-refractivity contribution in [3.05, 3.63) is 0 Å². The number of rotatable bonds is 2. The van der Waals surface area contributed by atoms with E-state index in [1.165, 1.54) is 0 Å². The zero-order valence-electron chi connectivity index (χ0n) is 19.6. The monoisotopic (exact) mass is 462 g/mol. The lowest BCUT2D eigenvalue weighted by Gasteiger charge is -2.34. The van der Waals surface area contributed by atoms with Crippen molar-refractivity contribution in [1.29, 1.82) is 0 Å². The second-order valence-corrected chi connectivity index (χ2v) is 9.60. The molecule has 12 heteroatoms. The maximum Gasteiger partial charge on any atom is 0.414 e. The Bertz CT molecular complexity index is 601. The van der Waals surface area contributed by atoms with Crippen LogP contribution in [0.15, 0.2) is 0 Å². The molecule has 0 aliphatic heterocycles. The topological polar surface area (TPSA) is 203 Å². The molecule has 2 amide bonds. The Labute approximate surface area is 188 Å². The van der Waals surface area contributed by atoms with Gasteiger partial charge >= 0.3 is 24.1 Å². The average molecular weight is 463 g/mol. The van der Waals surface area contributed by atoms with Crippen LogP contribution in [0.2, 0.25) is 0 Å². The van der Waals surface area contributed by atoms with Crippen LogP contribution in [-0.4, -0.2) is 69.7 Å². The number of nitrogens with one attached hydrogen (secondary N) is 2. The summed E-state index contributed by atoms with van der Waals surface area (Å²) in [7, 11) is 0. The van der Waals surface area contributed by atoms with E-state index in [0.29, 0.717) is 0 Å². The summed E-state index contributed by atoms with van der Waals surface area (Å²) in [5, 5.41) is 20.3. The molecule has 2 saturated carbocycles. The lowest BCUT2D eigenvalue weighted by molar-refractivity contribution is -0.159. The normalized spacial score (nSPS) is 23.9. The average Bonchev–Trinajstić information content (AvgIpc) is 2.60. The van der Waals surface area contributed by atoms with Gasteiger partial charge in [-0.05, 0) is 67.2 Å². The van der Waals surface area contributed by atoms with E-state index in [2.05, 4.69) is 10.6 Å². The first-order chi connectivity index (χ1) is 14.4. The van der Waals surface area contributed by atoms with Crippen molar-refractivity contribution in [1.82, 2.24) is 10.6 Å². The lowest BCUT2D eigenvalue weighted by Crippen LogP contribution is -2.55. The molecule has 0 heterocycles. The number of amides is 2. The van der Waals surface area contributed by atoms with Gasteiger partial charge in [0, 0.05) is 24.2 Å². The molecule has 186 valence electrons. The van der Waals surface area contributed by atoms with Gasteiger partial charge in [0.25, 0.3) is 0 Å². The van der Waals surface area contributed by atoms with E-state index in [9.17, 15) is 9.59 Å². The summed E-state index contributed by atoms with van der Waals surface area (Å²) in [6, 6.07) is 0.421. The Kier molecular flexibility index (Phi) is 11.4. The number of ether oxygens (including phenoxy) is 2. The van der Waals surface area contributed by atoms with Crippen molar-refractivity contribution < 1.29 is 38.9 Å². The molecule has 0 bridgehead atoms. The summed E-state index contributed by atoms with van der Waals surface area (Å²) >= 11 is 0. The molecule has 0 saturated heterocycles. The van der Waals surface area contributed by atoms with Gasteiger partial charge in [0.1, 0.15) is 11.2 Å². The molecule has 0 aromatic rings. The van der Waals surface area contributed by atoms with E-state index >= 15 is 0 Å². The van der Waals surface area contributed by atoms with E-state index in [1.807, 2.05) is 41.5 Å². The van der Waals surface area contributed by atoms with Crippen LogP contribution >= 0.6 is 0 Å². The predicted molar refractivity (Wildman–Crippen MR) is 116 cm³/mol. The molecule has 32 heavy (non-hydrogen) atoms. The van der Waals surface area contributed by atoms with E-state index in [-0.39, 0.29) is 36.4 Å². The van der Waals surface area contributed by atoms with Crippen molar-refractivity contribution in [3.8, 4) is 0 Å². The Morgan fingerprint density at radius 2 is 0.969 bits per heavy atom. The van der Waals surface area contributed by atoms with Crippen LogP contribution in [-0.2, 0) is 19.1 Å². The molecule has 4 atom stereocenters. The summed E-state index contributed by atoms with van der Waals surface area (Å²) in [5.41, 5.74) is 10.5. The van der Waals surface area contributed by atoms with Crippen LogP contribution in [0.1, 0.15) is 67.2 Å². The highest BCUT2D eigenvalue weighted by Crippen LogP contribution is 2.19. The number of carboxylic acid groups (broad SMARTS) is 2. The van der Waals surface area contributed by atoms with Crippen molar-refractivity contribution in [2.45, 2.75) is 103 Å². The number of carbonyl (C=O) groups is 4. The van der Waals surface area contributed by atoms with Gasteiger partial charge in [-0.15, -0.1) is 0 Å². The van der Waals surface area contributed by atoms with Gasteiger partial charge in [0.15, 0.2) is 0 Å². The SMILES string of the molecule is CC(C)(C)OC(=O)N[C@@H]1CC[C@H]1N.CC(C)(C)OC(=O)N[C@@H]1CC[C@H]1N.O=C(O)C(=O)O. The highest BCUT2D eigenvalue weighted by atomic mass is 16.6. The Morgan fingerprint density at radius 3 is 1.09 bits per heavy atom. The standard InChI is InChI=1S/2C9H18N2O2.C2H2O4/c2*1-9(2,3)13-8(12)11-7-5-4-6(7)10;3-1(4)2(5)6/h2*6-7H,4-5,10H2,1-3H3,(H,11,12);(H,3,4)(H,5,6)/t2*6-,7-;/m11./s1. The third-order valence-corrected chi connectivity index (χ3v) is 4.24. The van der Waals surface area contributed by atoms with Crippen LogP contribution in [0.5, 0.6) is 0 Å². The Morgan fingerprint density at radius 1 is 0.688 bits per heavy atom. The zero-order valence-corrected chi connectivity index (χ0v) is 19.6. The first-order valence-corrected chi connectivity index (χ1v) is 10.4. The smallest absolute Gasteiger partial charge is 0.414 e. The number of hydrogen-bond acceptors (Lipinski definition) is 8. The minimum absolute atomic E-state index is 0.104. The number of carbonyl (C=O) groups excluding carboxylic acids is 2. The van der Waals surface area contributed by atoms with Crippen molar-refractivity contribution in [2.24, 2.45) is 11.5 Å². The van der Waals surface area contributed by atoms with Crippen molar-refractivity contribution >= 4 is 24.1 Å². The van der Waals surface area contributed by atoms with Gasteiger partial charge in [-0.2, -0.15) is 0 Å². The zero-order chi connectivity index (χ0) is 25.3. The molecule has 2 rings (SSSR count). The maximum atomic E-state index is 11.2. The fourth-order valence-corrected chi connectivity index (χ4v) is 2.33. The fourth-order valence-electron chi connectivity index (χ4n) is 2.33. The molecule has 2 aliphatic rings. The van der Waals surface area contributed by atoms with Crippen LogP contribution in [0.3, 0.4) is 0 Å². The van der Waals surface area contributed by atoms with E-state index in [4.69, 9.17) is 40.7 Å². The number of alkyl carbamates (subject to hydrolysis) is 2. The molecule has 0 aromatic carbocycles. The summed E-state index contributed by atoms with van der Waals surface area (Å²) < 4.78 is 10.2. The molecule has 2 fully saturated rings. The number of nitrogens with two attached hydrogens (primary N) is 2. The molecule has 0 spiro atoms. The molecule has 0 unspecified atom stereocenters. The third-order valence-electron chi connectivity index (χ3n) is 4.24. The Balaban J connectivity index is 0.000000484. The molecule has 0 radical (unpaired) electrons. The fraction of sp³-hybridized carbons (Fsp3) is 0.800. The quantitative estimate of drug-likeness (QED) is 0.323. The van der Waals surface area contributed by atoms with Gasteiger partial charge in [-0.1, -0.05) is 0 Å². The van der Waals surface area contributed by atoms with Crippen LogP contribution < -0.4 is 22.1 Å². The lowest BCUT2D eigenvalue weighted by atomic mass is 9.87. The van der Waals surface area contributed by atoms with Crippen LogP contribution in [0.4, 0.5) is 9.59 Å². The first-order valence-electron chi connectivity index (χ1n) is 10.4. The maximum absolute atomic E-state index is 11.2. The van der Waals surface area contributed by atoms with E-state index in [0.717, 1.165) is 25.7 Å².